The van der Waals surface area contributed by atoms with Crippen LogP contribution in [0.15, 0.2) is 12.3 Å². The van der Waals surface area contributed by atoms with E-state index in [-0.39, 0.29) is 5.70 Å². The first-order valence-corrected chi connectivity index (χ1v) is 2.35. The van der Waals surface area contributed by atoms with Gasteiger partial charge in [-0.3, -0.25) is 9.59 Å². The fourth-order valence-corrected chi connectivity index (χ4v) is 0.519. The summed E-state index contributed by atoms with van der Waals surface area (Å²) in [6.07, 6.45) is 0. The van der Waals surface area contributed by atoms with E-state index in [0.717, 1.165) is 4.90 Å². The van der Waals surface area contributed by atoms with Gasteiger partial charge in [0.15, 0.2) is 11.9 Å². The maximum Gasteiger partial charge on any atom is 0.176 e. The molecule has 3 amide bonds. The second-order valence-corrected chi connectivity index (χ2v) is 1.71. The second-order valence-electron chi connectivity index (χ2n) is 1.71. The fourth-order valence-electron chi connectivity index (χ4n) is 0.519. The number of urea groups is 1. The number of nitrogens with zero attached hydrogens (tertiary/aromatic N) is 2. The van der Waals surface area contributed by atoms with Gasteiger partial charge in [-0.25, -0.2) is 0 Å². The molecule has 0 aliphatic carbocycles. The number of amides is 3. The Bertz CT molecular complexity index is 202. The maximum absolute atomic E-state index is 10.6. The molecule has 10 heavy (non-hydrogen) atoms. The largest absolute Gasteiger partial charge is 0.398 e. The summed E-state index contributed by atoms with van der Waals surface area (Å²) < 4.78 is 0. The van der Waals surface area contributed by atoms with E-state index in [1.54, 1.807) is 0 Å². The Hall–Kier alpha value is -2.32. The van der Waals surface area contributed by atoms with Crippen molar-refractivity contribution in [2.24, 2.45) is 0 Å². The summed E-state index contributed by atoms with van der Waals surface area (Å²) in [4.78, 5) is 22.0. The number of carbonyl (C=O) groups excluding carboxylic acids is 2. The molecule has 1 aliphatic rings. The van der Waals surface area contributed by atoms with E-state index in [1.165, 1.54) is 7.05 Å². The molecule has 5 heteroatoms. The number of hydrogen-bond donors (Lipinski definition) is 0. The third-order valence-electron chi connectivity index (χ3n) is 1.07. The van der Waals surface area contributed by atoms with Gasteiger partial charge in [0.25, 0.3) is 0 Å². The van der Waals surface area contributed by atoms with E-state index in [4.69, 9.17) is 0 Å². The van der Waals surface area contributed by atoms with Crippen LogP contribution in [0.1, 0.15) is 0 Å². The Morgan fingerprint density at radius 2 is 2.00 bits per heavy atom. The van der Waals surface area contributed by atoms with Gasteiger partial charge in [0.1, 0.15) is 0 Å². The summed E-state index contributed by atoms with van der Waals surface area (Å²) in [5.41, 5.74) is 0.0162. The number of rotatable bonds is 0. The van der Waals surface area contributed by atoms with Crippen LogP contribution >= 0.6 is 0 Å². The molecule has 0 N–H and O–H groups in total. The molecule has 50 valence electrons. The third-order valence-corrected chi connectivity index (χ3v) is 1.07. The number of likely N-dealkylation sites (N-methyl/N-ethyl adjacent to an activating group) is 1. The van der Waals surface area contributed by atoms with Crippen molar-refractivity contribution in [3.05, 3.63) is 17.6 Å². The Morgan fingerprint density at radius 3 is 2.10 bits per heavy atom. The van der Waals surface area contributed by atoms with Crippen molar-refractivity contribution in [2.45, 2.75) is 0 Å². The minimum Gasteiger partial charge on any atom is -0.398 e. The first kappa shape index (κ1) is 7.68. The van der Waals surface area contributed by atoms with E-state index in [9.17, 15) is 9.59 Å². The van der Waals surface area contributed by atoms with Crippen LogP contribution in [0.25, 0.3) is 5.32 Å². The molecule has 1 fully saturated rings. The molecule has 1 heterocycles. The van der Waals surface area contributed by atoms with Crippen LogP contribution in [0.2, 0.25) is 0 Å². The predicted octanol–water partition coefficient (Wildman–Crippen LogP) is 0.466. The molecule has 0 aromatic rings. The van der Waals surface area contributed by atoms with Crippen molar-refractivity contribution in [3.8, 4) is 0 Å². The quantitative estimate of drug-likeness (QED) is 0.445. The van der Waals surface area contributed by atoms with Gasteiger partial charge in [-0.15, -0.1) is 0 Å². The smallest absolute Gasteiger partial charge is 0.176 e. The molecule has 1 rings (SSSR count). The minimum absolute atomic E-state index is 0. The zero-order valence-electron chi connectivity index (χ0n) is 5.63. The number of carbonyl (C=O) groups is 2. The minimum atomic E-state index is -0.537. The first-order valence-electron chi connectivity index (χ1n) is 2.35. The molecule has 0 unspecified atom stereocenters. The van der Waals surface area contributed by atoms with E-state index in [1.807, 2.05) is 0 Å². The maximum atomic E-state index is 10.6. The predicted molar refractivity (Wildman–Crippen MR) is 30.7 cm³/mol. The summed E-state index contributed by atoms with van der Waals surface area (Å²) in [6.45, 7) is 3.26. The molecule has 0 aromatic heterocycles. The van der Waals surface area contributed by atoms with Gasteiger partial charge in [-0.1, -0.05) is 13.6 Å². The first-order chi connectivity index (χ1) is 4.13. The van der Waals surface area contributed by atoms with Gasteiger partial charge in [-0.05, 0) is 5.70 Å². The van der Waals surface area contributed by atoms with Crippen molar-refractivity contribution in [3.63, 3.8) is 0 Å². The fraction of sp³-hybridized carbons (Fsp3) is 0.200. The molecule has 0 spiro atoms. The van der Waals surface area contributed by atoms with Crippen LogP contribution in [0.4, 0.5) is 4.79 Å². The molecule has 1 aliphatic heterocycles. The van der Waals surface area contributed by atoms with E-state index >= 15 is 0 Å². The number of hydrogen-bond acceptors (Lipinski definition) is 2. The Kier molecular flexibility index (Phi) is 1.45. The second kappa shape index (κ2) is 1.89. The average Bonchev–Trinajstić information content (AvgIpc) is 1.98. The normalized spacial score (nSPS) is 16.9. The average molecular weight is 392 g/mol. The molecule has 4 nitrogen and oxygen atoms in total. The van der Waals surface area contributed by atoms with Crippen LogP contribution in [0.5, 0.6) is 0 Å². The van der Waals surface area contributed by atoms with Crippen LogP contribution in [0.3, 0.4) is 0 Å². The molecular weight excluding hydrogens is 387 g/mol. The van der Waals surface area contributed by atoms with Crippen molar-refractivity contribution in [2.75, 3.05) is 7.05 Å². The van der Waals surface area contributed by atoms with Crippen LogP contribution in [-0.2, 0) is 4.79 Å². The van der Waals surface area contributed by atoms with Gasteiger partial charge in [0, 0.05) is 0 Å². The third kappa shape index (κ3) is 0.665. The Balaban J connectivity index is 0.000000810. The van der Waals surface area contributed by atoms with Gasteiger partial charge >= 0.3 is 0 Å². The molecule has 0 radical (unpaired) electrons. The molecule has 0 atom stereocenters. The summed E-state index contributed by atoms with van der Waals surface area (Å²) in [5, 5.41) is 3.29. The van der Waals surface area contributed by atoms with Crippen LogP contribution in [-0.4, -0.2) is 23.9 Å². The summed E-state index contributed by atoms with van der Waals surface area (Å²) in [6, 6.07) is -0.537. The molecule has 0 saturated carbocycles. The molecule has 0 bridgehead atoms. The summed E-state index contributed by atoms with van der Waals surface area (Å²) >= 11 is 0. The van der Waals surface area contributed by atoms with Crippen LogP contribution < -0.4 is 0 Å². The number of imide groups is 1. The van der Waals surface area contributed by atoms with Crippen molar-refractivity contribution in [1.29, 1.82) is 0 Å². The summed E-state index contributed by atoms with van der Waals surface area (Å²) in [7, 11) is 1.37. The zero-order chi connectivity index (χ0) is 7.02. The van der Waals surface area contributed by atoms with E-state index < -0.39 is 11.9 Å². The van der Waals surface area contributed by atoms with Gasteiger partial charge < -0.3 is 10.2 Å². The van der Waals surface area contributed by atoms with Gasteiger partial charge in [0.05, 0.1) is 0 Å². The molecular formula is C5H5N2O2Rf-. The molecule has 1 saturated heterocycles. The SMILES string of the molecule is C=C1[N-]C(=O)N(C)C1=O.[Rf]. The van der Waals surface area contributed by atoms with E-state index in [2.05, 4.69) is 11.9 Å². The Morgan fingerprint density at radius 1 is 1.50 bits per heavy atom. The van der Waals surface area contributed by atoms with Gasteiger partial charge in [-0.2, -0.15) is 0 Å². The van der Waals surface area contributed by atoms with E-state index in [0.29, 0.717) is 0 Å². The van der Waals surface area contributed by atoms with Crippen molar-refractivity contribution < 1.29 is 9.59 Å². The molecule has 0 aromatic carbocycles. The van der Waals surface area contributed by atoms with Gasteiger partial charge in [0.2, 0.25) is 0 Å². The summed E-state index contributed by atoms with van der Waals surface area (Å²) in [5.74, 6) is -0.417. The van der Waals surface area contributed by atoms with Crippen LogP contribution in [0, 0.1) is 0 Å². The monoisotopic (exact) mass is 392 g/mol. The zero-order valence-corrected chi connectivity index (χ0v) is 12.0. The topological polar surface area (TPSA) is 51.5 Å². The van der Waals surface area contributed by atoms with Crippen molar-refractivity contribution >= 4 is 11.9 Å². The van der Waals surface area contributed by atoms with Crippen molar-refractivity contribution in [1.82, 2.24) is 4.90 Å². The Labute approximate surface area is 52.1 Å². The standard InChI is InChI=1S/C5H6N2O2.Rf/c1-3-4(8)7(2)5(9)6-3;/h1H2,2H3,(H,6,9);/p-1.